The SMILES string of the molecule is O=c1c2ccccc2ncn1Cc1cccc(-c2ccc3ccccc3c2)c1. The lowest BCUT2D eigenvalue weighted by Gasteiger charge is -2.09. The molecular formula is C25H18N2O. The molecule has 5 rings (SSSR count). The Morgan fingerprint density at radius 3 is 2.43 bits per heavy atom. The maximum absolute atomic E-state index is 12.8. The molecule has 3 nitrogen and oxygen atoms in total. The molecule has 1 heterocycles. The lowest BCUT2D eigenvalue weighted by atomic mass is 10.00. The van der Waals surface area contributed by atoms with E-state index in [0.717, 1.165) is 16.6 Å². The van der Waals surface area contributed by atoms with Crippen LogP contribution in [-0.4, -0.2) is 9.55 Å². The van der Waals surface area contributed by atoms with Gasteiger partial charge in [-0.1, -0.05) is 66.7 Å². The van der Waals surface area contributed by atoms with Crippen LogP contribution >= 0.6 is 0 Å². The highest BCUT2D eigenvalue weighted by Gasteiger charge is 2.06. The summed E-state index contributed by atoms with van der Waals surface area (Å²) in [5.74, 6) is 0. The van der Waals surface area contributed by atoms with Gasteiger partial charge in [-0.15, -0.1) is 0 Å². The summed E-state index contributed by atoms with van der Waals surface area (Å²) in [6.45, 7) is 0.498. The molecule has 5 aromatic rings. The van der Waals surface area contributed by atoms with Gasteiger partial charge in [0.25, 0.3) is 5.56 Å². The van der Waals surface area contributed by atoms with E-state index in [1.807, 2.05) is 36.4 Å². The molecule has 0 atom stereocenters. The Labute approximate surface area is 162 Å². The Bertz CT molecular complexity index is 1370. The van der Waals surface area contributed by atoms with Crippen LogP contribution < -0.4 is 5.56 Å². The Morgan fingerprint density at radius 1 is 0.714 bits per heavy atom. The van der Waals surface area contributed by atoms with Crippen molar-refractivity contribution < 1.29 is 0 Å². The molecule has 0 N–H and O–H groups in total. The molecule has 0 unspecified atom stereocenters. The molecular weight excluding hydrogens is 344 g/mol. The van der Waals surface area contributed by atoms with E-state index in [2.05, 4.69) is 59.6 Å². The fourth-order valence-electron chi connectivity index (χ4n) is 3.63. The lowest BCUT2D eigenvalue weighted by molar-refractivity contribution is 0.748. The molecule has 0 aliphatic rings. The molecule has 4 aromatic carbocycles. The minimum atomic E-state index is -0.0123. The Hall–Kier alpha value is -3.72. The van der Waals surface area contributed by atoms with E-state index in [4.69, 9.17) is 0 Å². The van der Waals surface area contributed by atoms with Crippen molar-refractivity contribution >= 4 is 21.7 Å². The summed E-state index contributed by atoms with van der Waals surface area (Å²) in [6, 6.07) is 30.7. The maximum atomic E-state index is 12.8. The Balaban J connectivity index is 1.52. The van der Waals surface area contributed by atoms with Crippen molar-refractivity contribution in [2.24, 2.45) is 0 Å². The molecule has 3 heteroatoms. The molecule has 0 radical (unpaired) electrons. The van der Waals surface area contributed by atoms with E-state index in [9.17, 15) is 4.79 Å². The number of hydrogen-bond acceptors (Lipinski definition) is 2. The first-order valence-corrected chi connectivity index (χ1v) is 9.30. The molecule has 0 aliphatic heterocycles. The monoisotopic (exact) mass is 362 g/mol. The summed E-state index contributed by atoms with van der Waals surface area (Å²) >= 11 is 0. The largest absolute Gasteiger partial charge is 0.294 e. The minimum absolute atomic E-state index is 0.0123. The van der Waals surface area contributed by atoms with E-state index < -0.39 is 0 Å². The average molecular weight is 362 g/mol. The summed E-state index contributed by atoms with van der Waals surface area (Å²) in [4.78, 5) is 17.2. The number of nitrogens with zero attached hydrogens (tertiary/aromatic N) is 2. The predicted octanol–water partition coefficient (Wildman–Crippen LogP) is 5.27. The van der Waals surface area contributed by atoms with Crippen LogP contribution in [0.2, 0.25) is 0 Å². The van der Waals surface area contributed by atoms with Gasteiger partial charge in [0.2, 0.25) is 0 Å². The summed E-state index contributed by atoms with van der Waals surface area (Å²) in [5, 5.41) is 3.10. The highest BCUT2D eigenvalue weighted by Crippen LogP contribution is 2.25. The van der Waals surface area contributed by atoms with E-state index in [1.165, 1.54) is 16.3 Å². The summed E-state index contributed by atoms with van der Waals surface area (Å²) in [6.07, 6.45) is 1.63. The fourth-order valence-corrected chi connectivity index (χ4v) is 3.63. The van der Waals surface area contributed by atoms with Crippen LogP contribution in [0.25, 0.3) is 32.8 Å². The summed E-state index contributed by atoms with van der Waals surface area (Å²) in [5.41, 5.74) is 4.11. The van der Waals surface area contributed by atoms with Crippen molar-refractivity contribution in [2.75, 3.05) is 0 Å². The number of fused-ring (bicyclic) bond motifs is 2. The molecule has 0 amide bonds. The first kappa shape index (κ1) is 16.5. The third-order valence-corrected chi connectivity index (χ3v) is 5.09. The maximum Gasteiger partial charge on any atom is 0.261 e. The van der Waals surface area contributed by atoms with E-state index in [1.54, 1.807) is 10.9 Å². The standard InChI is InChI=1S/C25H18N2O/c28-25-23-10-3-4-11-24(23)26-17-27(25)16-18-6-5-9-20(14-18)22-13-12-19-7-1-2-8-21(19)15-22/h1-15,17H,16H2. The second-order valence-corrected chi connectivity index (χ2v) is 6.96. The van der Waals surface area contributed by atoms with Gasteiger partial charge >= 0.3 is 0 Å². The normalized spacial score (nSPS) is 11.1. The number of rotatable bonds is 3. The molecule has 134 valence electrons. The summed E-state index contributed by atoms with van der Waals surface area (Å²) in [7, 11) is 0. The molecule has 0 saturated heterocycles. The molecule has 0 fully saturated rings. The van der Waals surface area contributed by atoms with Gasteiger partial charge in [-0.2, -0.15) is 0 Å². The van der Waals surface area contributed by atoms with Crippen LogP contribution in [0.4, 0.5) is 0 Å². The van der Waals surface area contributed by atoms with Gasteiger partial charge < -0.3 is 0 Å². The second kappa shape index (κ2) is 6.78. The molecule has 0 bridgehead atoms. The Morgan fingerprint density at radius 2 is 1.50 bits per heavy atom. The zero-order valence-corrected chi connectivity index (χ0v) is 15.2. The first-order valence-electron chi connectivity index (χ1n) is 9.30. The molecule has 0 spiro atoms. The van der Waals surface area contributed by atoms with Gasteiger partial charge in [-0.25, -0.2) is 4.98 Å². The second-order valence-electron chi connectivity index (χ2n) is 6.96. The molecule has 0 aliphatic carbocycles. The lowest BCUT2D eigenvalue weighted by Crippen LogP contribution is -2.21. The molecule has 0 saturated carbocycles. The summed E-state index contributed by atoms with van der Waals surface area (Å²) < 4.78 is 1.67. The van der Waals surface area contributed by atoms with Crippen molar-refractivity contribution in [1.29, 1.82) is 0 Å². The first-order chi connectivity index (χ1) is 13.8. The van der Waals surface area contributed by atoms with Crippen LogP contribution in [0.3, 0.4) is 0 Å². The van der Waals surface area contributed by atoms with Gasteiger partial charge in [-0.3, -0.25) is 9.36 Å². The smallest absolute Gasteiger partial charge is 0.261 e. The Kier molecular flexibility index (Phi) is 3.99. The number of benzene rings is 4. The van der Waals surface area contributed by atoms with E-state index in [0.29, 0.717) is 11.9 Å². The third kappa shape index (κ3) is 2.97. The fraction of sp³-hybridized carbons (Fsp3) is 0.0400. The van der Waals surface area contributed by atoms with Crippen molar-refractivity contribution in [3.05, 3.63) is 113 Å². The van der Waals surface area contributed by atoms with E-state index >= 15 is 0 Å². The number of aromatic nitrogens is 2. The molecule has 28 heavy (non-hydrogen) atoms. The predicted molar refractivity (Wildman–Crippen MR) is 114 cm³/mol. The van der Waals surface area contributed by atoms with Gasteiger partial charge in [0.05, 0.1) is 23.8 Å². The van der Waals surface area contributed by atoms with Crippen molar-refractivity contribution in [3.63, 3.8) is 0 Å². The number of hydrogen-bond donors (Lipinski definition) is 0. The average Bonchev–Trinajstić information content (AvgIpc) is 2.76. The van der Waals surface area contributed by atoms with Crippen molar-refractivity contribution in [2.45, 2.75) is 6.54 Å². The number of para-hydroxylation sites is 1. The van der Waals surface area contributed by atoms with Crippen LogP contribution in [0.5, 0.6) is 0 Å². The third-order valence-electron chi connectivity index (χ3n) is 5.09. The highest BCUT2D eigenvalue weighted by molar-refractivity contribution is 5.87. The minimum Gasteiger partial charge on any atom is -0.294 e. The van der Waals surface area contributed by atoms with Crippen LogP contribution in [0, 0.1) is 0 Å². The van der Waals surface area contributed by atoms with Crippen LogP contribution in [0.15, 0.2) is 102 Å². The van der Waals surface area contributed by atoms with Gasteiger partial charge in [0.15, 0.2) is 0 Å². The zero-order chi connectivity index (χ0) is 18.9. The highest BCUT2D eigenvalue weighted by atomic mass is 16.1. The van der Waals surface area contributed by atoms with Gasteiger partial charge in [0, 0.05) is 0 Å². The topological polar surface area (TPSA) is 34.9 Å². The zero-order valence-electron chi connectivity index (χ0n) is 15.2. The quantitative estimate of drug-likeness (QED) is 0.438. The van der Waals surface area contributed by atoms with Crippen molar-refractivity contribution in [1.82, 2.24) is 9.55 Å². The van der Waals surface area contributed by atoms with Gasteiger partial charge in [-0.05, 0) is 51.7 Å². The van der Waals surface area contributed by atoms with Crippen LogP contribution in [-0.2, 0) is 6.54 Å². The van der Waals surface area contributed by atoms with Gasteiger partial charge in [0.1, 0.15) is 0 Å². The van der Waals surface area contributed by atoms with E-state index in [-0.39, 0.29) is 5.56 Å². The van der Waals surface area contributed by atoms with Crippen molar-refractivity contribution in [3.8, 4) is 11.1 Å². The van der Waals surface area contributed by atoms with Crippen LogP contribution in [0.1, 0.15) is 5.56 Å². The molecule has 1 aromatic heterocycles.